The fraction of sp³-hybridized carbons (Fsp3) is 0.231. The molecule has 0 bridgehead atoms. The van der Waals surface area contributed by atoms with Gasteiger partial charge in [-0.15, -0.1) is 5.52 Å². The summed E-state index contributed by atoms with van der Waals surface area (Å²) in [6, 6.07) is 5.44. The number of fused-ring (bicyclic) bond motifs is 1. The van der Waals surface area contributed by atoms with E-state index in [1.807, 2.05) is 25.1 Å². The standard InChI is InChI=1S/C13H12N3O2.K/c1-8-6-10-9(2-4-14-10)7-11(8)16-5-3-12(17)15-13(16)18;/h2,4,6-7H,3,5H2,1H3,(H,15,17,18);/q-1;+1. The molecule has 0 spiro atoms. The maximum Gasteiger partial charge on any atom is 1.00 e. The molecule has 1 saturated heterocycles. The van der Waals surface area contributed by atoms with E-state index in [2.05, 4.69) is 10.3 Å². The van der Waals surface area contributed by atoms with E-state index in [4.69, 9.17) is 0 Å². The van der Waals surface area contributed by atoms with Crippen molar-refractivity contribution in [1.29, 1.82) is 0 Å². The number of aromatic nitrogens is 1. The Hall–Kier alpha value is -0.664. The number of rotatable bonds is 1. The Labute approximate surface area is 153 Å². The molecule has 1 aliphatic heterocycles. The van der Waals surface area contributed by atoms with Crippen LogP contribution in [0.1, 0.15) is 12.0 Å². The summed E-state index contributed by atoms with van der Waals surface area (Å²) in [5.41, 5.74) is 2.73. The van der Waals surface area contributed by atoms with Crippen molar-refractivity contribution in [3.8, 4) is 0 Å². The third kappa shape index (κ3) is 2.77. The van der Waals surface area contributed by atoms with Gasteiger partial charge in [0.2, 0.25) is 5.91 Å². The van der Waals surface area contributed by atoms with Gasteiger partial charge in [0, 0.05) is 18.7 Å². The third-order valence-corrected chi connectivity index (χ3v) is 3.16. The van der Waals surface area contributed by atoms with Crippen LogP contribution in [0, 0.1) is 6.92 Å². The molecule has 1 aromatic heterocycles. The van der Waals surface area contributed by atoms with Gasteiger partial charge in [0.15, 0.2) is 0 Å². The second kappa shape index (κ2) is 5.76. The molecule has 0 saturated carbocycles. The summed E-state index contributed by atoms with van der Waals surface area (Å²) >= 11 is 0. The molecule has 0 radical (unpaired) electrons. The molecule has 3 amide bonds. The summed E-state index contributed by atoms with van der Waals surface area (Å²) in [7, 11) is 0. The number of benzene rings is 1. The number of nitrogens with zero attached hydrogens (tertiary/aromatic N) is 2. The normalized spacial score (nSPS) is 15.3. The molecule has 1 aliphatic rings. The average molecular weight is 281 g/mol. The quantitative estimate of drug-likeness (QED) is 0.651. The van der Waals surface area contributed by atoms with Crippen LogP contribution in [0.2, 0.25) is 0 Å². The number of amides is 3. The molecule has 3 rings (SSSR count). The van der Waals surface area contributed by atoms with E-state index >= 15 is 0 Å². The molecule has 1 fully saturated rings. The predicted molar refractivity (Wildman–Crippen MR) is 67.5 cm³/mol. The zero-order valence-corrected chi connectivity index (χ0v) is 14.1. The Kier molecular flexibility index (Phi) is 4.47. The first-order valence-electron chi connectivity index (χ1n) is 5.78. The fourth-order valence-corrected chi connectivity index (χ4v) is 2.23. The van der Waals surface area contributed by atoms with Crippen molar-refractivity contribution in [2.75, 3.05) is 11.4 Å². The summed E-state index contributed by atoms with van der Waals surface area (Å²) < 4.78 is 0. The Morgan fingerprint density at radius 2 is 2.11 bits per heavy atom. The first-order chi connectivity index (χ1) is 8.65. The molecule has 0 aliphatic carbocycles. The minimum Gasteiger partial charge on any atom is -0.664 e. The smallest absolute Gasteiger partial charge is 0.664 e. The summed E-state index contributed by atoms with van der Waals surface area (Å²) in [5.74, 6) is -0.218. The van der Waals surface area contributed by atoms with E-state index < -0.39 is 0 Å². The van der Waals surface area contributed by atoms with Gasteiger partial charge in [-0.2, -0.15) is 6.20 Å². The largest absolute Gasteiger partial charge is 1.00 e. The molecule has 0 unspecified atom stereocenters. The molecule has 0 atom stereocenters. The van der Waals surface area contributed by atoms with Gasteiger partial charge in [0.05, 0.1) is 0 Å². The Morgan fingerprint density at radius 3 is 2.84 bits per heavy atom. The van der Waals surface area contributed by atoms with Gasteiger partial charge in [-0.05, 0) is 23.9 Å². The number of hydrogen-bond acceptors (Lipinski definition) is 2. The molecule has 92 valence electrons. The SMILES string of the molecule is Cc1cc2[n-]ccc2cc1N1CCC(=O)NC1=O.[K+]. The van der Waals surface area contributed by atoms with E-state index in [1.54, 1.807) is 11.1 Å². The first-order valence-corrected chi connectivity index (χ1v) is 5.78. The minimum absolute atomic E-state index is 0. The van der Waals surface area contributed by atoms with Crippen LogP contribution in [0.3, 0.4) is 0 Å². The van der Waals surface area contributed by atoms with Gasteiger partial charge in [-0.25, -0.2) is 4.79 Å². The van der Waals surface area contributed by atoms with E-state index in [9.17, 15) is 9.59 Å². The van der Waals surface area contributed by atoms with Crippen LogP contribution in [0.25, 0.3) is 10.9 Å². The number of carbonyl (C=O) groups excluding carboxylic acids is 2. The second-order valence-corrected chi connectivity index (χ2v) is 4.40. The summed E-state index contributed by atoms with van der Waals surface area (Å²) in [6.45, 7) is 2.36. The molecule has 2 aromatic rings. The van der Waals surface area contributed by atoms with Crippen LogP contribution < -0.4 is 66.6 Å². The summed E-state index contributed by atoms with van der Waals surface area (Å²) in [5, 5.41) is 3.33. The fourth-order valence-electron chi connectivity index (χ4n) is 2.23. The third-order valence-electron chi connectivity index (χ3n) is 3.16. The monoisotopic (exact) mass is 281 g/mol. The maximum atomic E-state index is 11.8. The van der Waals surface area contributed by atoms with Crippen LogP contribution in [-0.4, -0.2) is 18.5 Å². The van der Waals surface area contributed by atoms with Crippen molar-refractivity contribution in [3.63, 3.8) is 0 Å². The Morgan fingerprint density at radius 1 is 1.32 bits per heavy atom. The van der Waals surface area contributed by atoms with Gasteiger partial charge in [-0.1, -0.05) is 12.1 Å². The molecular weight excluding hydrogens is 269 g/mol. The number of urea groups is 1. The Balaban J connectivity index is 0.00000133. The number of anilines is 1. The summed E-state index contributed by atoms with van der Waals surface area (Å²) in [4.78, 5) is 28.8. The summed E-state index contributed by atoms with van der Waals surface area (Å²) in [6.07, 6.45) is 2.08. The van der Waals surface area contributed by atoms with Crippen molar-refractivity contribution in [2.45, 2.75) is 13.3 Å². The molecule has 1 aromatic carbocycles. The maximum absolute atomic E-state index is 11.8. The average Bonchev–Trinajstić information content (AvgIpc) is 2.75. The molecule has 5 nitrogen and oxygen atoms in total. The topological polar surface area (TPSA) is 63.5 Å². The van der Waals surface area contributed by atoms with Crippen molar-refractivity contribution in [3.05, 3.63) is 30.0 Å². The first kappa shape index (κ1) is 14.7. The zero-order chi connectivity index (χ0) is 12.7. The Bertz CT molecular complexity index is 650. The van der Waals surface area contributed by atoms with Gasteiger partial charge in [0.25, 0.3) is 0 Å². The number of carbonyl (C=O) groups is 2. The minimum atomic E-state index is -0.354. The van der Waals surface area contributed by atoms with Crippen LogP contribution >= 0.6 is 0 Å². The number of imide groups is 1. The van der Waals surface area contributed by atoms with Crippen molar-refractivity contribution >= 4 is 28.5 Å². The molecule has 1 N–H and O–H groups in total. The van der Waals surface area contributed by atoms with E-state index in [-0.39, 0.29) is 63.3 Å². The van der Waals surface area contributed by atoms with Gasteiger partial charge < -0.3 is 4.98 Å². The van der Waals surface area contributed by atoms with Crippen LogP contribution in [-0.2, 0) is 4.79 Å². The number of hydrogen-bond donors (Lipinski definition) is 1. The molecular formula is C13H12KN3O2. The predicted octanol–water partition coefficient (Wildman–Crippen LogP) is -1.44. The van der Waals surface area contributed by atoms with E-state index in [0.29, 0.717) is 13.0 Å². The van der Waals surface area contributed by atoms with Crippen molar-refractivity contribution in [2.24, 2.45) is 0 Å². The van der Waals surface area contributed by atoms with Crippen molar-refractivity contribution < 1.29 is 61.0 Å². The second-order valence-electron chi connectivity index (χ2n) is 4.40. The zero-order valence-electron chi connectivity index (χ0n) is 10.9. The van der Waals surface area contributed by atoms with Gasteiger partial charge in [0.1, 0.15) is 0 Å². The van der Waals surface area contributed by atoms with Crippen LogP contribution in [0.4, 0.5) is 10.5 Å². The molecule has 19 heavy (non-hydrogen) atoms. The van der Waals surface area contributed by atoms with Gasteiger partial charge in [-0.3, -0.25) is 15.0 Å². The van der Waals surface area contributed by atoms with E-state index in [1.165, 1.54) is 0 Å². The number of nitrogens with one attached hydrogen (secondary N) is 1. The van der Waals surface area contributed by atoms with Crippen molar-refractivity contribution in [1.82, 2.24) is 10.3 Å². The van der Waals surface area contributed by atoms with Crippen LogP contribution in [0.5, 0.6) is 0 Å². The number of aryl methyl sites for hydroxylation is 1. The molecule has 6 heteroatoms. The molecule has 2 heterocycles. The van der Waals surface area contributed by atoms with Crippen LogP contribution in [0.15, 0.2) is 24.4 Å². The van der Waals surface area contributed by atoms with E-state index in [0.717, 1.165) is 22.2 Å². The van der Waals surface area contributed by atoms with Gasteiger partial charge >= 0.3 is 57.4 Å².